The van der Waals surface area contributed by atoms with Gasteiger partial charge in [0.05, 0.1) is 13.2 Å². The van der Waals surface area contributed by atoms with Gasteiger partial charge in [0.2, 0.25) is 5.91 Å². The van der Waals surface area contributed by atoms with Crippen LogP contribution in [0.2, 0.25) is 0 Å². The highest BCUT2D eigenvalue weighted by Gasteiger charge is 2.24. The monoisotopic (exact) mass is 403 g/mol. The molecular formula is C19H37N3O6. The minimum atomic E-state index is -0.250. The third kappa shape index (κ3) is 12.6. The number of amides is 1. The highest BCUT2D eigenvalue weighted by Crippen LogP contribution is 2.17. The molecule has 2 aliphatic rings. The molecule has 0 aromatic heterocycles. The molecule has 0 aliphatic carbocycles. The minimum absolute atomic E-state index is 0.250. The summed E-state index contributed by atoms with van der Waals surface area (Å²) in [7, 11) is 3.85. The van der Waals surface area contributed by atoms with E-state index >= 15 is 0 Å². The molecule has 1 unspecified atom stereocenters. The van der Waals surface area contributed by atoms with Gasteiger partial charge in [0.1, 0.15) is 0 Å². The molecule has 28 heavy (non-hydrogen) atoms. The van der Waals surface area contributed by atoms with Gasteiger partial charge in [-0.3, -0.25) is 19.3 Å². The van der Waals surface area contributed by atoms with Crippen molar-refractivity contribution >= 4 is 18.9 Å². The first-order valence-corrected chi connectivity index (χ1v) is 9.85. The fraction of sp³-hybridized carbons (Fsp3) is 0.842. The predicted octanol–water partition coefficient (Wildman–Crippen LogP) is 0.691. The van der Waals surface area contributed by atoms with Gasteiger partial charge in [-0.25, -0.2) is 0 Å². The first-order chi connectivity index (χ1) is 13.5. The number of hydrogen-bond acceptors (Lipinski definition) is 6. The Labute approximate surface area is 168 Å². The zero-order valence-corrected chi connectivity index (χ0v) is 17.3. The van der Waals surface area contributed by atoms with Crippen LogP contribution in [0.1, 0.15) is 32.1 Å². The Bertz CT molecular complexity index is 410. The van der Waals surface area contributed by atoms with Crippen molar-refractivity contribution in [2.75, 3.05) is 66.6 Å². The van der Waals surface area contributed by atoms with Gasteiger partial charge in [-0.15, -0.1) is 0 Å². The van der Waals surface area contributed by atoms with Gasteiger partial charge in [0.25, 0.3) is 12.9 Å². The Morgan fingerprint density at radius 2 is 1.68 bits per heavy atom. The fourth-order valence-electron chi connectivity index (χ4n) is 3.64. The number of nitrogens with zero attached hydrogens (tertiary/aromatic N) is 3. The van der Waals surface area contributed by atoms with Crippen LogP contribution in [0.25, 0.3) is 0 Å². The lowest BCUT2D eigenvalue weighted by Crippen LogP contribution is -2.41. The van der Waals surface area contributed by atoms with Gasteiger partial charge in [-0.05, 0) is 38.8 Å². The average Bonchev–Trinajstić information content (AvgIpc) is 2.92. The molecule has 164 valence electrons. The molecule has 0 spiro atoms. The highest BCUT2D eigenvalue weighted by molar-refractivity contribution is 5.78. The SMILES string of the molecule is COCCN1CCC(CN(C)CC(=O)N2CCCCCC2)C1.O=CO.O=CO. The maximum absolute atomic E-state index is 12.4. The highest BCUT2D eigenvalue weighted by atomic mass is 16.5. The van der Waals surface area contributed by atoms with Crippen LogP contribution in [0.5, 0.6) is 0 Å². The van der Waals surface area contributed by atoms with Crippen molar-refractivity contribution in [1.29, 1.82) is 0 Å². The van der Waals surface area contributed by atoms with Crippen LogP contribution >= 0.6 is 0 Å². The van der Waals surface area contributed by atoms with E-state index in [0.717, 1.165) is 39.3 Å². The third-order valence-corrected chi connectivity index (χ3v) is 4.92. The van der Waals surface area contributed by atoms with Crippen molar-refractivity contribution in [1.82, 2.24) is 14.7 Å². The van der Waals surface area contributed by atoms with E-state index in [1.165, 1.54) is 38.6 Å². The molecule has 0 radical (unpaired) electrons. The average molecular weight is 404 g/mol. The molecule has 2 heterocycles. The molecule has 2 fully saturated rings. The smallest absolute Gasteiger partial charge is 0.290 e. The second-order valence-electron chi connectivity index (χ2n) is 7.15. The first-order valence-electron chi connectivity index (χ1n) is 9.85. The Hall–Kier alpha value is -1.71. The van der Waals surface area contributed by atoms with Gasteiger partial charge in [0, 0.05) is 39.8 Å². The summed E-state index contributed by atoms with van der Waals surface area (Å²) in [6.07, 6.45) is 6.14. The van der Waals surface area contributed by atoms with E-state index < -0.39 is 0 Å². The van der Waals surface area contributed by atoms with E-state index in [1.807, 2.05) is 0 Å². The molecule has 9 heteroatoms. The first kappa shape index (κ1) is 26.3. The topological polar surface area (TPSA) is 111 Å². The van der Waals surface area contributed by atoms with E-state index in [4.69, 9.17) is 24.5 Å². The van der Waals surface area contributed by atoms with Crippen LogP contribution in [-0.4, -0.2) is 110 Å². The van der Waals surface area contributed by atoms with E-state index in [9.17, 15) is 4.79 Å². The number of likely N-dealkylation sites (tertiary alicyclic amines) is 2. The van der Waals surface area contributed by atoms with Gasteiger partial charge in [0.15, 0.2) is 0 Å². The quantitative estimate of drug-likeness (QED) is 0.598. The third-order valence-electron chi connectivity index (χ3n) is 4.92. The lowest BCUT2D eigenvalue weighted by atomic mass is 10.1. The van der Waals surface area contributed by atoms with E-state index in [2.05, 4.69) is 21.7 Å². The summed E-state index contributed by atoms with van der Waals surface area (Å²) >= 11 is 0. The predicted molar refractivity (Wildman–Crippen MR) is 106 cm³/mol. The molecule has 1 atom stereocenters. The van der Waals surface area contributed by atoms with Gasteiger partial charge >= 0.3 is 0 Å². The summed E-state index contributed by atoms with van der Waals surface area (Å²) in [5.41, 5.74) is 0. The van der Waals surface area contributed by atoms with Crippen molar-refractivity contribution in [2.24, 2.45) is 5.92 Å². The zero-order valence-electron chi connectivity index (χ0n) is 17.3. The molecule has 2 aliphatic heterocycles. The number of carbonyl (C=O) groups is 3. The maximum atomic E-state index is 12.4. The summed E-state index contributed by atoms with van der Waals surface area (Å²) in [4.78, 5) is 35.9. The normalized spacial score (nSPS) is 19.7. The molecule has 2 rings (SSSR count). The zero-order chi connectivity index (χ0) is 21.2. The van der Waals surface area contributed by atoms with Crippen molar-refractivity contribution < 1.29 is 29.3 Å². The van der Waals surface area contributed by atoms with Crippen LogP contribution in [0.4, 0.5) is 0 Å². The van der Waals surface area contributed by atoms with Crippen molar-refractivity contribution in [3.63, 3.8) is 0 Å². The Morgan fingerprint density at radius 3 is 2.21 bits per heavy atom. The fourth-order valence-corrected chi connectivity index (χ4v) is 3.64. The number of likely N-dealkylation sites (N-methyl/N-ethyl adjacent to an activating group) is 1. The van der Waals surface area contributed by atoms with Gasteiger partial charge in [-0.2, -0.15) is 0 Å². The number of carbonyl (C=O) groups excluding carboxylic acids is 1. The van der Waals surface area contributed by atoms with Crippen LogP contribution in [0.15, 0.2) is 0 Å². The molecule has 9 nitrogen and oxygen atoms in total. The lowest BCUT2D eigenvalue weighted by Gasteiger charge is -2.25. The minimum Gasteiger partial charge on any atom is -0.483 e. The number of methoxy groups -OCH3 is 1. The van der Waals surface area contributed by atoms with Crippen molar-refractivity contribution in [3.05, 3.63) is 0 Å². The maximum Gasteiger partial charge on any atom is 0.290 e. The number of rotatable bonds is 7. The molecular weight excluding hydrogens is 366 g/mol. The summed E-state index contributed by atoms with van der Waals surface area (Å²) < 4.78 is 5.15. The van der Waals surface area contributed by atoms with Crippen LogP contribution in [0.3, 0.4) is 0 Å². The van der Waals surface area contributed by atoms with E-state index in [-0.39, 0.29) is 12.9 Å². The standard InChI is InChI=1S/C17H33N3O2.2CH2O2/c1-18(13-16-7-10-19(14-16)11-12-22-2)15-17(21)20-8-5-3-4-6-9-20;2*2-1-3/h16H,3-15H2,1-2H3;2*1H,(H,2,3). The second kappa shape index (κ2) is 17.4. The summed E-state index contributed by atoms with van der Waals surface area (Å²) in [5, 5.41) is 13.8. The van der Waals surface area contributed by atoms with Crippen molar-refractivity contribution in [3.8, 4) is 0 Å². The second-order valence-corrected chi connectivity index (χ2v) is 7.15. The largest absolute Gasteiger partial charge is 0.483 e. The molecule has 2 N–H and O–H groups in total. The lowest BCUT2D eigenvalue weighted by molar-refractivity contribution is -0.132. The molecule has 0 aromatic carbocycles. The molecule has 0 saturated carbocycles. The Balaban J connectivity index is 0.00000108. The summed E-state index contributed by atoms with van der Waals surface area (Å²) in [6.45, 7) is 7.19. The Kier molecular flexibility index (Phi) is 16.3. The number of hydrogen-bond donors (Lipinski definition) is 2. The number of ether oxygens (including phenoxy) is 1. The molecule has 1 amide bonds. The van der Waals surface area contributed by atoms with E-state index in [1.54, 1.807) is 7.11 Å². The van der Waals surface area contributed by atoms with Crippen LogP contribution in [0, 0.1) is 5.92 Å². The Morgan fingerprint density at radius 1 is 1.11 bits per heavy atom. The summed E-state index contributed by atoms with van der Waals surface area (Å²) in [5.74, 6) is 1.01. The van der Waals surface area contributed by atoms with Crippen LogP contribution in [-0.2, 0) is 19.1 Å². The van der Waals surface area contributed by atoms with Crippen LogP contribution < -0.4 is 0 Å². The van der Waals surface area contributed by atoms with Gasteiger partial charge < -0.3 is 24.7 Å². The van der Waals surface area contributed by atoms with Crippen molar-refractivity contribution in [2.45, 2.75) is 32.1 Å². The molecule has 2 saturated heterocycles. The summed E-state index contributed by atoms with van der Waals surface area (Å²) in [6, 6.07) is 0. The molecule has 0 aromatic rings. The molecule has 0 bridgehead atoms. The van der Waals surface area contributed by atoms with E-state index in [0.29, 0.717) is 18.4 Å². The number of carboxylic acid groups (broad SMARTS) is 2. The van der Waals surface area contributed by atoms with Gasteiger partial charge in [-0.1, -0.05) is 12.8 Å².